The van der Waals surface area contributed by atoms with Crippen LogP contribution in [0.15, 0.2) is 60.8 Å². The summed E-state index contributed by atoms with van der Waals surface area (Å²) in [6, 6.07) is 0. The van der Waals surface area contributed by atoms with Crippen molar-refractivity contribution in [3.63, 3.8) is 0 Å². The lowest BCUT2D eigenvalue weighted by molar-refractivity contribution is -0.161. The van der Waals surface area contributed by atoms with Crippen molar-refractivity contribution >= 4 is 19.8 Å². The highest BCUT2D eigenvalue weighted by atomic mass is 31.2. The van der Waals surface area contributed by atoms with E-state index in [1.54, 1.807) is 0 Å². The summed E-state index contributed by atoms with van der Waals surface area (Å²) in [4.78, 5) is 42.9. The molecule has 0 aromatic heterocycles. The minimum atomic E-state index is -4.78. The lowest BCUT2D eigenvalue weighted by Gasteiger charge is -2.18. The van der Waals surface area contributed by atoms with Crippen molar-refractivity contribution in [2.45, 2.75) is 212 Å². The Hall–Kier alpha value is -2.29. The highest BCUT2D eigenvalue weighted by Crippen LogP contribution is 2.36. The van der Waals surface area contributed by atoms with Crippen molar-refractivity contribution in [1.82, 2.24) is 0 Å². The number of aliphatic hydroxyl groups excluding tert-OH is 1. The van der Waals surface area contributed by atoms with Crippen molar-refractivity contribution in [2.24, 2.45) is 0 Å². The van der Waals surface area contributed by atoms with Crippen molar-refractivity contribution < 1.29 is 43.0 Å². The Balaban J connectivity index is 3.96. The number of allylic oxidation sites excluding steroid dienone is 8. The molecule has 0 spiro atoms. The Morgan fingerprint density at radius 2 is 1.04 bits per heavy atom. The minimum absolute atomic E-state index is 0.171. The Morgan fingerprint density at radius 3 is 1.56 bits per heavy atom. The van der Waals surface area contributed by atoms with Crippen LogP contribution in [0.25, 0.3) is 0 Å². The summed E-state index contributed by atoms with van der Waals surface area (Å²) in [5.74, 6) is -0.973. The summed E-state index contributed by atoms with van der Waals surface area (Å²) in [5.41, 5.74) is 0. The number of hydrogen-bond acceptors (Lipinski definition) is 7. The Morgan fingerprint density at radius 1 is 0.561 bits per heavy atom. The Kier molecular flexibility index (Phi) is 40.2. The third kappa shape index (κ3) is 44.7. The van der Waals surface area contributed by atoms with Crippen LogP contribution in [0.2, 0.25) is 0 Å². The van der Waals surface area contributed by atoms with Crippen LogP contribution in [0.1, 0.15) is 200 Å². The zero-order chi connectivity index (χ0) is 41.9. The third-order valence-electron chi connectivity index (χ3n) is 9.63. The zero-order valence-electron chi connectivity index (χ0n) is 36.1. The maximum absolute atomic E-state index is 12.4. The van der Waals surface area contributed by atoms with Crippen molar-refractivity contribution in [3.8, 4) is 0 Å². The van der Waals surface area contributed by atoms with E-state index in [0.717, 1.165) is 38.5 Å². The van der Waals surface area contributed by atoms with Gasteiger partial charge in [0.15, 0.2) is 6.10 Å². The van der Waals surface area contributed by atoms with Gasteiger partial charge in [-0.3, -0.25) is 14.1 Å². The monoisotopic (exact) mass is 823 g/mol. The van der Waals surface area contributed by atoms with E-state index in [-0.39, 0.29) is 19.4 Å². The maximum atomic E-state index is 12.4. The Bertz CT molecular complexity index is 1120. The minimum Gasteiger partial charge on any atom is -0.462 e. The molecule has 0 rings (SSSR count). The number of aliphatic hydroxyl groups is 1. The van der Waals surface area contributed by atoms with E-state index in [2.05, 4.69) is 23.6 Å². The standard InChI is InChI=1S/C47H83O9P/c1-3-5-7-8-9-10-11-12-13-14-15-16-17-18-19-20-25-28-31-34-37-41-47(50)56-45(43-55-57(51,52)53)42-54-46(49)40-36-33-30-27-24-22-21-23-26-29-32-35-39-44(48)38-6-4-2/h6,21-22,26-27,29-30,32,35,38,44-45,48H,3-5,7-20,23-25,28,31,33-34,36-37,39-43H2,1-2H3,(H2,51,52,53)/b22-21-,29-26-,30-27-,35-32+,38-6-/t44?,45-/m1/s1. The van der Waals surface area contributed by atoms with Crippen LogP contribution in [0, 0.1) is 0 Å². The number of unbranched alkanes of at least 4 members (excludes halogenated alkanes) is 21. The molecule has 0 amide bonds. The van der Waals surface area contributed by atoms with Gasteiger partial charge in [0.1, 0.15) is 6.61 Å². The van der Waals surface area contributed by atoms with Crippen molar-refractivity contribution in [2.75, 3.05) is 13.2 Å². The first-order chi connectivity index (χ1) is 27.7. The molecule has 0 fully saturated rings. The molecule has 0 bridgehead atoms. The molecule has 0 aliphatic carbocycles. The molecule has 0 aromatic rings. The van der Waals surface area contributed by atoms with Gasteiger partial charge in [0, 0.05) is 12.8 Å². The molecule has 0 aliphatic heterocycles. The number of rotatable bonds is 41. The number of hydrogen-bond donors (Lipinski definition) is 3. The summed E-state index contributed by atoms with van der Waals surface area (Å²) in [5, 5.41) is 9.74. The predicted octanol–water partition coefficient (Wildman–Crippen LogP) is 13.0. The molecule has 9 nitrogen and oxygen atoms in total. The van der Waals surface area contributed by atoms with Gasteiger partial charge in [-0.15, -0.1) is 0 Å². The van der Waals surface area contributed by atoms with Gasteiger partial charge in [-0.2, -0.15) is 0 Å². The second kappa shape index (κ2) is 41.9. The van der Waals surface area contributed by atoms with E-state index in [1.165, 1.54) is 109 Å². The second-order valence-electron chi connectivity index (χ2n) is 15.2. The number of ether oxygens (including phenoxy) is 2. The van der Waals surface area contributed by atoms with Gasteiger partial charge < -0.3 is 24.4 Å². The molecular weight excluding hydrogens is 739 g/mol. The molecular formula is C47H83O9P. The number of phosphoric ester groups is 1. The van der Waals surface area contributed by atoms with Gasteiger partial charge in [-0.05, 0) is 44.9 Å². The molecule has 0 saturated heterocycles. The van der Waals surface area contributed by atoms with Gasteiger partial charge in [0.25, 0.3) is 0 Å². The summed E-state index contributed by atoms with van der Waals surface area (Å²) in [7, 11) is -4.78. The van der Waals surface area contributed by atoms with Gasteiger partial charge in [-0.25, -0.2) is 4.57 Å². The Labute approximate surface area is 348 Å². The number of phosphoric acid groups is 1. The summed E-state index contributed by atoms with van der Waals surface area (Å²) < 4.78 is 26.4. The SMILES string of the molecule is CC/C=C\C(O)C/C=C/C=C\C/C=C\C/C=C\CCCC(=O)OC[C@H](COP(=O)(O)O)OC(=O)CCCCCCCCCCCCCCCCCCCCCCC. The van der Waals surface area contributed by atoms with E-state index in [1.807, 2.05) is 55.5 Å². The third-order valence-corrected chi connectivity index (χ3v) is 10.1. The molecule has 0 saturated carbocycles. The van der Waals surface area contributed by atoms with Gasteiger partial charge in [0.05, 0.1) is 12.7 Å². The smallest absolute Gasteiger partial charge is 0.462 e. The topological polar surface area (TPSA) is 140 Å². The second-order valence-corrected chi connectivity index (χ2v) is 16.4. The highest BCUT2D eigenvalue weighted by molar-refractivity contribution is 7.46. The molecule has 10 heteroatoms. The van der Waals surface area contributed by atoms with Crippen LogP contribution in [0.5, 0.6) is 0 Å². The summed E-state index contributed by atoms with van der Waals surface area (Å²) in [6.07, 6.45) is 50.1. The molecule has 3 N–H and O–H groups in total. The van der Waals surface area contributed by atoms with Crippen LogP contribution < -0.4 is 0 Å². The van der Waals surface area contributed by atoms with E-state index >= 15 is 0 Å². The molecule has 0 aromatic carbocycles. The van der Waals surface area contributed by atoms with Crippen molar-refractivity contribution in [3.05, 3.63) is 60.8 Å². The molecule has 1 unspecified atom stereocenters. The largest absolute Gasteiger partial charge is 0.469 e. The fourth-order valence-electron chi connectivity index (χ4n) is 6.25. The number of carbonyl (C=O) groups is 2. The van der Waals surface area contributed by atoms with E-state index in [0.29, 0.717) is 25.7 Å². The first-order valence-corrected chi connectivity index (χ1v) is 24.2. The first-order valence-electron chi connectivity index (χ1n) is 22.7. The summed E-state index contributed by atoms with van der Waals surface area (Å²) >= 11 is 0. The molecule has 0 aliphatic rings. The van der Waals surface area contributed by atoms with Gasteiger partial charge in [-0.1, -0.05) is 203 Å². The van der Waals surface area contributed by atoms with Crippen LogP contribution >= 0.6 is 7.82 Å². The van der Waals surface area contributed by atoms with E-state index in [4.69, 9.17) is 19.3 Å². The molecule has 57 heavy (non-hydrogen) atoms. The van der Waals surface area contributed by atoms with Crippen molar-refractivity contribution in [1.29, 1.82) is 0 Å². The molecule has 0 heterocycles. The zero-order valence-corrected chi connectivity index (χ0v) is 37.0. The number of esters is 2. The van der Waals surface area contributed by atoms with Crippen LogP contribution in [0.4, 0.5) is 0 Å². The lowest BCUT2D eigenvalue weighted by atomic mass is 10.0. The normalized spacial score (nSPS) is 13.6. The molecule has 2 atom stereocenters. The van der Waals surface area contributed by atoms with E-state index < -0.39 is 38.6 Å². The fourth-order valence-corrected chi connectivity index (χ4v) is 6.61. The average molecular weight is 823 g/mol. The van der Waals surface area contributed by atoms with Crippen LogP contribution in [-0.2, 0) is 28.2 Å². The summed E-state index contributed by atoms with van der Waals surface area (Å²) in [6.45, 7) is 3.42. The van der Waals surface area contributed by atoms with Gasteiger partial charge in [0.2, 0.25) is 0 Å². The maximum Gasteiger partial charge on any atom is 0.469 e. The predicted molar refractivity (Wildman–Crippen MR) is 236 cm³/mol. The number of carbonyl (C=O) groups excluding carboxylic acids is 2. The van der Waals surface area contributed by atoms with E-state index in [9.17, 15) is 19.3 Å². The fraction of sp³-hybridized carbons (Fsp3) is 0.745. The average Bonchev–Trinajstić information content (AvgIpc) is 3.18. The van der Waals surface area contributed by atoms with Crippen LogP contribution in [-0.4, -0.2) is 52.3 Å². The lowest BCUT2D eigenvalue weighted by Crippen LogP contribution is -2.29. The van der Waals surface area contributed by atoms with Gasteiger partial charge >= 0.3 is 19.8 Å². The molecule has 330 valence electrons. The first kappa shape index (κ1) is 54.7. The highest BCUT2D eigenvalue weighted by Gasteiger charge is 2.22. The quantitative estimate of drug-likeness (QED) is 0.0181. The molecule has 0 radical (unpaired) electrons. The van der Waals surface area contributed by atoms with Crippen LogP contribution in [0.3, 0.4) is 0 Å².